The third-order valence-corrected chi connectivity index (χ3v) is 10.00. The summed E-state index contributed by atoms with van der Waals surface area (Å²) < 4.78 is 3.06. The first kappa shape index (κ1) is 35.1. The van der Waals surface area contributed by atoms with Crippen LogP contribution >= 0.6 is 0 Å². The molecule has 0 bridgehead atoms. The number of rotatable bonds is 13. The van der Waals surface area contributed by atoms with E-state index < -0.39 is 22.3 Å². The van der Waals surface area contributed by atoms with Gasteiger partial charge in [-0.2, -0.15) is 0 Å². The van der Waals surface area contributed by atoms with Crippen molar-refractivity contribution >= 4 is 5.69 Å². The molecule has 0 saturated heterocycles. The monoisotopic (exact) mass is 699 g/mol. The maximum absolute atomic E-state index is 16.2. The van der Waals surface area contributed by atoms with Gasteiger partial charge in [-0.15, -0.1) is 0 Å². The SMILES string of the molecule is O=c1c(N(CCO)CCO)cn(C(c2ccccc2)(c2ccccc2)c2ccccc2)c(=O)n1C(c1ccccc1)(c1ccccc1)c1ccccc1. The molecule has 53 heavy (non-hydrogen) atoms. The third-order valence-electron chi connectivity index (χ3n) is 10.00. The van der Waals surface area contributed by atoms with E-state index >= 15 is 9.59 Å². The highest BCUT2D eigenvalue weighted by Gasteiger charge is 2.46. The number of benzene rings is 6. The largest absolute Gasteiger partial charge is 0.395 e. The van der Waals surface area contributed by atoms with Crippen LogP contribution in [0, 0.1) is 0 Å². The number of hydrogen-bond acceptors (Lipinski definition) is 5. The summed E-state index contributed by atoms with van der Waals surface area (Å²) in [6.07, 6.45) is 1.62. The number of anilines is 1. The van der Waals surface area contributed by atoms with Gasteiger partial charge in [0.05, 0.1) is 13.2 Å². The van der Waals surface area contributed by atoms with Crippen LogP contribution in [0.5, 0.6) is 0 Å². The van der Waals surface area contributed by atoms with Gasteiger partial charge in [-0.1, -0.05) is 182 Å². The van der Waals surface area contributed by atoms with E-state index in [9.17, 15) is 10.2 Å². The number of aromatic nitrogens is 2. The lowest BCUT2D eigenvalue weighted by Crippen LogP contribution is -2.58. The lowest BCUT2D eigenvalue weighted by Gasteiger charge is -2.42. The molecule has 0 aliphatic heterocycles. The van der Waals surface area contributed by atoms with Crippen molar-refractivity contribution in [1.29, 1.82) is 0 Å². The topological polar surface area (TPSA) is 87.7 Å². The van der Waals surface area contributed by atoms with E-state index in [1.54, 1.807) is 15.7 Å². The average molecular weight is 700 g/mol. The van der Waals surface area contributed by atoms with E-state index in [1.807, 2.05) is 182 Å². The second-order valence-corrected chi connectivity index (χ2v) is 12.9. The van der Waals surface area contributed by atoms with Gasteiger partial charge in [-0.3, -0.25) is 9.36 Å². The summed E-state index contributed by atoms with van der Waals surface area (Å²) in [7, 11) is 0. The standard InChI is InChI=1S/C46H41N3O4/c50-33-31-47(32-34-51)42-35-48(45(36-19-7-1-8-20-36,37-21-9-2-10-22-37)38-23-11-3-12-24-38)44(53)49(43(42)52)46(39-25-13-4-14-26-39,40-27-15-5-16-28-40)41-29-17-6-18-30-41/h1-30,35,50-51H,31-34H2. The highest BCUT2D eigenvalue weighted by molar-refractivity contribution is 5.56. The Balaban J connectivity index is 1.77. The van der Waals surface area contributed by atoms with Gasteiger partial charge in [-0.25, -0.2) is 9.36 Å². The summed E-state index contributed by atoms with van der Waals surface area (Å²) in [5.74, 6) is 0. The first-order valence-corrected chi connectivity index (χ1v) is 17.8. The minimum atomic E-state index is -1.46. The molecule has 7 heteroatoms. The number of hydrogen-bond donors (Lipinski definition) is 2. The van der Waals surface area contributed by atoms with E-state index in [0.717, 1.165) is 16.7 Å². The van der Waals surface area contributed by atoms with Gasteiger partial charge in [0, 0.05) is 19.3 Å². The van der Waals surface area contributed by atoms with Crippen molar-refractivity contribution in [1.82, 2.24) is 9.13 Å². The van der Waals surface area contributed by atoms with Gasteiger partial charge in [0.1, 0.15) is 16.8 Å². The van der Waals surface area contributed by atoms with Crippen LogP contribution in [-0.4, -0.2) is 45.7 Å². The summed E-state index contributed by atoms with van der Waals surface area (Å²) in [5, 5.41) is 20.6. The quantitative estimate of drug-likeness (QED) is 0.135. The van der Waals surface area contributed by atoms with Gasteiger partial charge >= 0.3 is 5.69 Å². The molecule has 6 aromatic carbocycles. The molecule has 7 nitrogen and oxygen atoms in total. The van der Waals surface area contributed by atoms with Crippen LogP contribution in [0.2, 0.25) is 0 Å². The van der Waals surface area contributed by atoms with Crippen molar-refractivity contribution in [3.8, 4) is 0 Å². The van der Waals surface area contributed by atoms with E-state index in [-0.39, 0.29) is 32.0 Å². The zero-order valence-corrected chi connectivity index (χ0v) is 29.3. The van der Waals surface area contributed by atoms with Gasteiger partial charge in [0.25, 0.3) is 5.56 Å². The summed E-state index contributed by atoms with van der Waals surface area (Å²) in [6, 6.07) is 58.4. The molecular weight excluding hydrogens is 659 g/mol. The highest BCUT2D eigenvalue weighted by Crippen LogP contribution is 2.43. The maximum atomic E-state index is 16.2. The Kier molecular flexibility index (Phi) is 10.3. The Morgan fingerprint density at radius 2 is 0.717 bits per heavy atom. The van der Waals surface area contributed by atoms with Crippen LogP contribution in [-0.2, 0) is 11.1 Å². The summed E-state index contributed by atoms with van der Waals surface area (Å²) in [6.45, 7) is -0.446. The summed E-state index contributed by atoms with van der Waals surface area (Å²) >= 11 is 0. The molecule has 0 fully saturated rings. The summed E-state index contributed by atoms with van der Waals surface area (Å²) in [5.41, 5.74) is 0.826. The second kappa shape index (κ2) is 15.5. The number of aliphatic hydroxyl groups excluding tert-OH is 2. The van der Waals surface area contributed by atoms with Crippen molar-refractivity contribution < 1.29 is 10.2 Å². The zero-order valence-electron chi connectivity index (χ0n) is 29.3. The van der Waals surface area contributed by atoms with Crippen molar-refractivity contribution in [3.63, 3.8) is 0 Å². The molecule has 0 aliphatic carbocycles. The molecule has 0 spiro atoms. The van der Waals surface area contributed by atoms with Crippen molar-refractivity contribution in [3.05, 3.63) is 242 Å². The molecule has 1 heterocycles. The van der Waals surface area contributed by atoms with Gasteiger partial charge in [0.15, 0.2) is 0 Å². The fraction of sp³-hybridized carbons (Fsp3) is 0.130. The molecule has 7 aromatic rings. The smallest absolute Gasteiger partial charge is 0.333 e. The van der Waals surface area contributed by atoms with Gasteiger partial charge in [0.2, 0.25) is 0 Å². The minimum absolute atomic E-state index is 0.0536. The van der Waals surface area contributed by atoms with Crippen LogP contribution in [0.3, 0.4) is 0 Å². The molecule has 1 aromatic heterocycles. The van der Waals surface area contributed by atoms with Crippen LogP contribution in [0.4, 0.5) is 5.69 Å². The maximum Gasteiger partial charge on any atom is 0.333 e. The van der Waals surface area contributed by atoms with Gasteiger partial charge in [-0.05, 0) is 33.4 Å². The molecule has 264 valence electrons. The Morgan fingerprint density at radius 3 is 1.00 bits per heavy atom. The predicted octanol–water partition coefficient (Wildman–Crippen LogP) is 6.48. The van der Waals surface area contributed by atoms with Crippen LogP contribution in [0.25, 0.3) is 0 Å². The van der Waals surface area contributed by atoms with Crippen molar-refractivity contribution in [2.45, 2.75) is 11.1 Å². The molecular formula is C46H41N3O4. The fourth-order valence-electron chi connectivity index (χ4n) is 7.77. The van der Waals surface area contributed by atoms with Crippen LogP contribution in [0.1, 0.15) is 33.4 Å². The lowest BCUT2D eigenvalue weighted by molar-refractivity contribution is 0.280. The fourth-order valence-corrected chi connectivity index (χ4v) is 7.77. The normalized spacial score (nSPS) is 11.7. The molecule has 0 unspecified atom stereocenters. The molecule has 7 rings (SSSR count). The highest BCUT2D eigenvalue weighted by atomic mass is 16.3. The van der Waals surface area contributed by atoms with E-state index in [4.69, 9.17) is 0 Å². The molecule has 0 aliphatic rings. The first-order chi connectivity index (χ1) is 26.1. The van der Waals surface area contributed by atoms with E-state index in [0.29, 0.717) is 16.7 Å². The average Bonchev–Trinajstić information content (AvgIpc) is 3.23. The Hall–Kier alpha value is -6.28. The second-order valence-electron chi connectivity index (χ2n) is 12.9. The first-order valence-electron chi connectivity index (χ1n) is 17.8. The lowest BCUT2D eigenvalue weighted by atomic mass is 9.75. The van der Waals surface area contributed by atoms with Crippen LogP contribution in [0.15, 0.2) is 198 Å². The predicted molar refractivity (Wildman–Crippen MR) is 211 cm³/mol. The van der Waals surface area contributed by atoms with E-state index in [1.165, 1.54) is 4.57 Å². The zero-order chi connectivity index (χ0) is 36.7. The summed E-state index contributed by atoms with van der Waals surface area (Å²) in [4.78, 5) is 33.5. The molecule has 0 amide bonds. The van der Waals surface area contributed by atoms with Gasteiger partial charge < -0.3 is 15.1 Å². The Morgan fingerprint density at radius 1 is 0.434 bits per heavy atom. The third kappa shape index (κ3) is 6.10. The van der Waals surface area contributed by atoms with Crippen molar-refractivity contribution in [2.75, 3.05) is 31.2 Å². The van der Waals surface area contributed by atoms with E-state index in [2.05, 4.69) is 0 Å². The Labute approximate surface area is 308 Å². The molecule has 2 N–H and O–H groups in total. The Bertz CT molecular complexity index is 2150. The van der Waals surface area contributed by atoms with Crippen LogP contribution < -0.4 is 16.1 Å². The van der Waals surface area contributed by atoms with Crippen molar-refractivity contribution in [2.24, 2.45) is 0 Å². The number of nitrogens with zero attached hydrogens (tertiary/aromatic N) is 3. The molecule has 0 radical (unpaired) electrons. The molecule has 0 atom stereocenters. The molecule has 0 saturated carbocycles. The number of aliphatic hydroxyl groups is 2. The minimum Gasteiger partial charge on any atom is -0.395 e.